The van der Waals surface area contributed by atoms with Crippen LogP contribution in [0.2, 0.25) is 5.02 Å². The van der Waals surface area contributed by atoms with Gasteiger partial charge in [-0.1, -0.05) is 35.9 Å². The molecule has 0 radical (unpaired) electrons. The quantitative estimate of drug-likeness (QED) is 0.445. The minimum atomic E-state index is 0.121. The number of imidazole rings is 1. The van der Waals surface area contributed by atoms with E-state index in [0.29, 0.717) is 27.8 Å². The number of nitrogens with zero attached hydrogens (tertiary/aromatic N) is 3. The smallest absolute Gasteiger partial charge is 0.142 e. The molecule has 0 fully saturated rings. The van der Waals surface area contributed by atoms with Crippen molar-refractivity contribution < 1.29 is 5.11 Å². The molecule has 0 saturated heterocycles. The van der Waals surface area contributed by atoms with Gasteiger partial charge < -0.3 is 10.1 Å². The van der Waals surface area contributed by atoms with E-state index in [1.807, 2.05) is 36.4 Å². The molecule has 2 N–H and O–H groups in total. The Morgan fingerprint density at radius 2 is 1.72 bits per heavy atom. The second kappa shape index (κ2) is 6.37. The van der Waals surface area contributed by atoms with E-state index in [1.165, 1.54) is 0 Å². The van der Waals surface area contributed by atoms with Crippen molar-refractivity contribution in [2.45, 2.75) is 0 Å². The average molecular weight is 349 g/mol. The van der Waals surface area contributed by atoms with Crippen LogP contribution in [0.25, 0.3) is 22.4 Å². The molecule has 6 heteroatoms. The van der Waals surface area contributed by atoms with Crippen LogP contribution < -0.4 is 0 Å². The van der Waals surface area contributed by atoms with Gasteiger partial charge >= 0.3 is 0 Å². The molecule has 0 aliphatic rings. The average Bonchev–Trinajstić information content (AvgIpc) is 3.06. The van der Waals surface area contributed by atoms with Gasteiger partial charge in [-0.05, 0) is 42.5 Å². The number of phenols is 1. The molecule has 25 heavy (non-hydrogen) atoms. The van der Waals surface area contributed by atoms with Crippen LogP contribution in [0.15, 0.2) is 77.0 Å². The third-order valence-electron chi connectivity index (χ3n) is 3.75. The van der Waals surface area contributed by atoms with E-state index in [-0.39, 0.29) is 5.75 Å². The predicted octanol–water partition coefficient (Wildman–Crippen LogP) is 6.00. The summed E-state index contributed by atoms with van der Waals surface area (Å²) in [4.78, 5) is 7.71. The lowest BCUT2D eigenvalue weighted by Gasteiger charge is -2.02. The zero-order valence-electron chi connectivity index (χ0n) is 13.0. The molecule has 3 aromatic carbocycles. The SMILES string of the molecule is Oc1ccc(N=Nc2ccccc2Cl)cc1-c1nc2ccccc2[nH]1. The second-order valence-corrected chi connectivity index (χ2v) is 5.86. The van der Waals surface area contributed by atoms with Crippen molar-refractivity contribution in [3.8, 4) is 17.1 Å². The number of halogens is 1. The van der Waals surface area contributed by atoms with Crippen LogP contribution in [0.3, 0.4) is 0 Å². The van der Waals surface area contributed by atoms with Crippen LogP contribution in [0, 0.1) is 0 Å². The van der Waals surface area contributed by atoms with Gasteiger partial charge in [0, 0.05) is 0 Å². The minimum Gasteiger partial charge on any atom is -0.507 e. The summed E-state index contributed by atoms with van der Waals surface area (Å²) in [6, 6.07) is 19.9. The molecular formula is C19H13ClN4O. The van der Waals surface area contributed by atoms with Crippen LogP contribution in [0.5, 0.6) is 5.75 Å². The minimum absolute atomic E-state index is 0.121. The van der Waals surface area contributed by atoms with Crippen molar-refractivity contribution in [3.05, 3.63) is 71.8 Å². The summed E-state index contributed by atoms with van der Waals surface area (Å²) in [5, 5.41) is 19.1. The topological polar surface area (TPSA) is 73.6 Å². The third-order valence-corrected chi connectivity index (χ3v) is 4.07. The molecule has 0 aliphatic heterocycles. The van der Waals surface area contributed by atoms with Crippen LogP contribution in [0.4, 0.5) is 11.4 Å². The van der Waals surface area contributed by atoms with Crippen molar-refractivity contribution in [1.82, 2.24) is 9.97 Å². The van der Waals surface area contributed by atoms with Crippen molar-refractivity contribution in [3.63, 3.8) is 0 Å². The summed E-state index contributed by atoms with van der Waals surface area (Å²) >= 11 is 6.08. The Bertz CT molecular complexity index is 1050. The number of benzene rings is 3. The molecule has 4 rings (SSSR count). The molecular weight excluding hydrogens is 336 g/mol. The van der Waals surface area contributed by atoms with Gasteiger partial charge in [-0.15, -0.1) is 5.11 Å². The maximum atomic E-state index is 10.2. The number of aromatic hydroxyl groups is 1. The van der Waals surface area contributed by atoms with E-state index in [0.717, 1.165) is 11.0 Å². The van der Waals surface area contributed by atoms with Crippen molar-refractivity contribution in [2.75, 3.05) is 0 Å². The van der Waals surface area contributed by atoms with E-state index < -0.39 is 0 Å². The predicted molar refractivity (Wildman–Crippen MR) is 98.8 cm³/mol. The molecule has 0 amide bonds. The van der Waals surface area contributed by atoms with Gasteiger partial charge in [0.25, 0.3) is 0 Å². The Balaban J connectivity index is 1.72. The van der Waals surface area contributed by atoms with Gasteiger partial charge in [0.1, 0.15) is 17.3 Å². The molecule has 0 atom stereocenters. The Labute approximate surface area is 148 Å². The van der Waals surface area contributed by atoms with E-state index in [1.54, 1.807) is 30.3 Å². The van der Waals surface area contributed by atoms with Crippen LogP contribution in [-0.4, -0.2) is 15.1 Å². The molecule has 122 valence electrons. The standard InChI is InChI=1S/C19H13ClN4O/c20-14-5-1-2-6-15(14)24-23-12-9-10-18(25)13(11-12)19-21-16-7-3-4-8-17(16)22-19/h1-11,25H,(H,21,22). The van der Waals surface area contributed by atoms with Gasteiger partial charge in [0.15, 0.2) is 0 Å². The summed E-state index contributed by atoms with van der Waals surface area (Å²) in [5.74, 6) is 0.698. The van der Waals surface area contributed by atoms with Gasteiger partial charge in [0.2, 0.25) is 0 Å². The van der Waals surface area contributed by atoms with Gasteiger partial charge in [-0.3, -0.25) is 0 Å². The molecule has 1 aromatic heterocycles. The monoisotopic (exact) mass is 348 g/mol. The largest absolute Gasteiger partial charge is 0.507 e. The Hall–Kier alpha value is -3.18. The van der Waals surface area contributed by atoms with Gasteiger partial charge in [-0.25, -0.2) is 4.98 Å². The van der Waals surface area contributed by atoms with E-state index in [4.69, 9.17) is 11.6 Å². The van der Waals surface area contributed by atoms with Crippen LogP contribution in [-0.2, 0) is 0 Å². The van der Waals surface area contributed by atoms with E-state index in [9.17, 15) is 5.11 Å². The van der Waals surface area contributed by atoms with Gasteiger partial charge in [0.05, 0.1) is 27.3 Å². The number of nitrogens with one attached hydrogen (secondary N) is 1. The normalized spacial score (nSPS) is 11.4. The lowest BCUT2D eigenvalue weighted by molar-refractivity contribution is 0.477. The van der Waals surface area contributed by atoms with E-state index in [2.05, 4.69) is 20.2 Å². The number of rotatable bonds is 3. The summed E-state index contributed by atoms with van der Waals surface area (Å²) in [6.45, 7) is 0. The Morgan fingerprint density at radius 3 is 2.56 bits per heavy atom. The molecule has 4 aromatic rings. The highest BCUT2D eigenvalue weighted by Gasteiger charge is 2.10. The zero-order chi connectivity index (χ0) is 17.2. The lowest BCUT2D eigenvalue weighted by atomic mass is 10.1. The second-order valence-electron chi connectivity index (χ2n) is 5.46. The van der Waals surface area contributed by atoms with Gasteiger partial charge in [-0.2, -0.15) is 5.11 Å². The highest BCUT2D eigenvalue weighted by Crippen LogP contribution is 2.33. The summed E-state index contributed by atoms with van der Waals surface area (Å²) < 4.78 is 0. The fourth-order valence-electron chi connectivity index (χ4n) is 2.50. The number of hydrogen-bond acceptors (Lipinski definition) is 4. The molecule has 1 heterocycles. The Kier molecular flexibility index (Phi) is 3.91. The van der Waals surface area contributed by atoms with E-state index >= 15 is 0 Å². The third kappa shape index (κ3) is 3.09. The Morgan fingerprint density at radius 1 is 0.920 bits per heavy atom. The first-order valence-electron chi connectivity index (χ1n) is 7.65. The maximum Gasteiger partial charge on any atom is 0.142 e. The number of aromatic nitrogens is 2. The fourth-order valence-corrected chi connectivity index (χ4v) is 2.67. The fraction of sp³-hybridized carbons (Fsp3) is 0. The first-order valence-corrected chi connectivity index (χ1v) is 8.03. The number of aromatic amines is 1. The number of phenolic OH excluding ortho intramolecular Hbond substituents is 1. The summed E-state index contributed by atoms with van der Waals surface area (Å²) in [6.07, 6.45) is 0. The number of hydrogen-bond donors (Lipinski definition) is 2. The highest BCUT2D eigenvalue weighted by atomic mass is 35.5. The molecule has 5 nitrogen and oxygen atoms in total. The molecule has 0 bridgehead atoms. The number of azo groups is 1. The maximum absolute atomic E-state index is 10.2. The van der Waals surface area contributed by atoms with Crippen molar-refractivity contribution in [2.24, 2.45) is 10.2 Å². The first-order chi connectivity index (χ1) is 12.2. The number of H-pyrrole nitrogens is 1. The van der Waals surface area contributed by atoms with Crippen LogP contribution in [0.1, 0.15) is 0 Å². The summed E-state index contributed by atoms with van der Waals surface area (Å²) in [5.41, 5.74) is 3.47. The number of para-hydroxylation sites is 2. The molecule has 0 aliphatic carbocycles. The molecule has 0 unspecified atom stereocenters. The molecule has 0 saturated carbocycles. The van der Waals surface area contributed by atoms with Crippen molar-refractivity contribution >= 4 is 34.0 Å². The highest BCUT2D eigenvalue weighted by molar-refractivity contribution is 6.32. The first kappa shape index (κ1) is 15.4. The number of fused-ring (bicyclic) bond motifs is 1. The lowest BCUT2D eigenvalue weighted by Crippen LogP contribution is -1.81. The summed E-state index contributed by atoms with van der Waals surface area (Å²) in [7, 11) is 0. The zero-order valence-corrected chi connectivity index (χ0v) is 13.8. The molecule has 0 spiro atoms. The van der Waals surface area contributed by atoms with Crippen molar-refractivity contribution in [1.29, 1.82) is 0 Å². The van der Waals surface area contributed by atoms with Crippen LogP contribution >= 0.6 is 11.6 Å².